The zero-order valence-corrected chi connectivity index (χ0v) is 24.4. The Labute approximate surface area is 240 Å². The van der Waals surface area contributed by atoms with Crippen LogP contribution in [0.4, 0.5) is 10.1 Å². The predicted molar refractivity (Wildman–Crippen MR) is 160 cm³/mol. The smallest absolute Gasteiger partial charge is 0.305 e. The number of hydrogen-bond donors (Lipinski definition) is 4. The fraction of sp³-hybridized carbons (Fsp3) is 0.469. The molecular formula is C32H42FN3O5. The third-order valence-corrected chi connectivity index (χ3v) is 7.65. The topological polar surface area (TPSA) is 121 Å². The van der Waals surface area contributed by atoms with Crippen molar-refractivity contribution in [1.29, 1.82) is 0 Å². The number of carboxylic acid groups (broad SMARTS) is 1. The minimum atomic E-state index is -1.14. The summed E-state index contributed by atoms with van der Waals surface area (Å²) in [6.07, 6.45) is 7.85. The highest BCUT2D eigenvalue weighted by molar-refractivity contribution is 5.98. The molecule has 0 radical (unpaired) electrons. The Bertz CT molecular complexity index is 1390. The average molecular weight is 568 g/mol. The number of amides is 1. The summed E-state index contributed by atoms with van der Waals surface area (Å²) in [6, 6.07) is 7.89. The van der Waals surface area contributed by atoms with Crippen molar-refractivity contribution in [3.8, 4) is 5.75 Å². The molecule has 3 aromatic rings. The van der Waals surface area contributed by atoms with Gasteiger partial charge in [-0.1, -0.05) is 59.1 Å². The van der Waals surface area contributed by atoms with E-state index in [1.165, 1.54) is 42.9 Å². The molecular weight excluding hydrogens is 525 g/mol. The van der Waals surface area contributed by atoms with Crippen LogP contribution in [0.2, 0.25) is 0 Å². The van der Waals surface area contributed by atoms with Gasteiger partial charge in [0.2, 0.25) is 5.43 Å². The van der Waals surface area contributed by atoms with E-state index in [0.29, 0.717) is 16.8 Å². The fourth-order valence-electron chi connectivity index (χ4n) is 5.46. The average Bonchev–Trinajstić information content (AvgIpc) is 2.97. The first-order valence-corrected chi connectivity index (χ1v) is 14.7. The Kier molecular flexibility index (Phi) is 11.3. The molecule has 1 aliphatic carbocycles. The van der Waals surface area contributed by atoms with Crippen LogP contribution in [0.15, 0.2) is 47.4 Å². The summed E-state index contributed by atoms with van der Waals surface area (Å²) in [6.45, 7) is 8.02. The van der Waals surface area contributed by atoms with Crippen LogP contribution in [0.5, 0.6) is 5.75 Å². The number of carbonyl (C=O) groups excluding carboxylic acids is 1. The second-order valence-electron chi connectivity index (χ2n) is 10.3. The van der Waals surface area contributed by atoms with Crippen molar-refractivity contribution in [2.24, 2.45) is 0 Å². The van der Waals surface area contributed by atoms with E-state index < -0.39 is 35.6 Å². The quantitative estimate of drug-likeness (QED) is 0.211. The molecule has 8 nitrogen and oxygen atoms in total. The minimum Gasteiger partial charge on any atom is -0.508 e. The van der Waals surface area contributed by atoms with Gasteiger partial charge in [0.1, 0.15) is 17.1 Å². The number of phenols is 1. The van der Waals surface area contributed by atoms with Crippen molar-refractivity contribution in [3.63, 3.8) is 0 Å². The number of nitrogens with zero attached hydrogens (tertiary/aromatic N) is 1. The van der Waals surface area contributed by atoms with Gasteiger partial charge in [-0.3, -0.25) is 14.4 Å². The number of hydrogen-bond acceptors (Lipinski definition) is 5. The Morgan fingerprint density at radius 1 is 1.05 bits per heavy atom. The molecule has 9 heteroatoms. The van der Waals surface area contributed by atoms with Gasteiger partial charge in [0.15, 0.2) is 0 Å². The molecule has 0 saturated heterocycles. The molecule has 1 heterocycles. The first kappa shape index (κ1) is 31.6. The van der Waals surface area contributed by atoms with Crippen molar-refractivity contribution in [2.75, 3.05) is 5.32 Å². The SMILES string of the molecule is CC.CCC(CC)n1cc(C(=O)NC(CC(=O)O)c2ccc(O)cc2)c(=O)c2cc(F)c(NC3CCCCC3)cc21. The molecule has 1 fully saturated rings. The lowest BCUT2D eigenvalue weighted by Gasteiger charge is -2.26. The molecule has 1 aliphatic rings. The molecule has 41 heavy (non-hydrogen) atoms. The lowest BCUT2D eigenvalue weighted by atomic mass is 9.95. The second-order valence-corrected chi connectivity index (χ2v) is 10.3. The zero-order chi connectivity index (χ0) is 30.1. The van der Waals surface area contributed by atoms with E-state index >= 15 is 4.39 Å². The number of carboxylic acids is 1. The summed E-state index contributed by atoms with van der Waals surface area (Å²) in [5.41, 5.74) is 0.558. The summed E-state index contributed by atoms with van der Waals surface area (Å²) < 4.78 is 17.2. The van der Waals surface area contributed by atoms with Crippen LogP contribution in [-0.4, -0.2) is 32.7 Å². The van der Waals surface area contributed by atoms with Crippen LogP contribution in [0.25, 0.3) is 10.9 Å². The summed E-state index contributed by atoms with van der Waals surface area (Å²) in [5.74, 6) is -2.43. The summed E-state index contributed by atoms with van der Waals surface area (Å²) in [4.78, 5) is 38.5. The van der Waals surface area contributed by atoms with Crippen molar-refractivity contribution in [1.82, 2.24) is 9.88 Å². The summed E-state index contributed by atoms with van der Waals surface area (Å²) in [7, 11) is 0. The third kappa shape index (κ3) is 7.65. The molecule has 2 aromatic carbocycles. The largest absolute Gasteiger partial charge is 0.508 e. The number of anilines is 1. The molecule has 1 amide bonds. The standard InChI is InChI=1S/C30H36FN3O5.C2H6/c1-3-20(4-2)34-17-23(30(39)33-25(16-28(36)37)18-10-12-21(35)13-11-18)29(38)22-14-24(31)26(15-27(22)34)32-19-8-6-5-7-9-19;1-2/h10-15,17,19-20,25,32,35H,3-9,16H2,1-2H3,(H,33,39)(H,36,37);1-2H3. The van der Waals surface area contributed by atoms with E-state index in [4.69, 9.17) is 0 Å². The molecule has 0 spiro atoms. The molecule has 0 aliphatic heterocycles. The van der Waals surface area contributed by atoms with Crippen molar-refractivity contribution in [2.45, 2.75) is 97.2 Å². The highest BCUT2D eigenvalue weighted by atomic mass is 19.1. The Hall–Kier alpha value is -3.88. The number of carbonyl (C=O) groups is 2. The van der Waals surface area contributed by atoms with E-state index in [0.717, 1.165) is 38.5 Å². The molecule has 1 unspecified atom stereocenters. The van der Waals surface area contributed by atoms with E-state index in [-0.39, 0.29) is 28.8 Å². The maximum atomic E-state index is 15.3. The third-order valence-electron chi connectivity index (χ3n) is 7.65. The number of rotatable bonds is 10. The van der Waals surface area contributed by atoms with Gasteiger partial charge in [-0.15, -0.1) is 0 Å². The number of benzene rings is 2. The molecule has 1 atom stereocenters. The maximum absolute atomic E-state index is 15.3. The van der Waals surface area contributed by atoms with Gasteiger partial charge in [0.25, 0.3) is 5.91 Å². The Morgan fingerprint density at radius 2 is 1.68 bits per heavy atom. The number of phenolic OH excluding ortho intramolecular Hbond substituents is 1. The number of fused-ring (bicyclic) bond motifs is 1. The van der Waals surface area contributed by atoms with Crippen LogP contribution in [-0.2, 0) is 4.79 Å². The molecule has 0 bridgehead atoms. The van der Waals surface area contributed by atoms with Crippen molar-refractivity contribution >= 4 is 28.5 Å². The highest BCUT2D eigenvalue weighted by Crippen LogP contribution is 2.29. The maximum Gasteiger partial charge on any atom is 0.305 e. The van der Waals surface area contributed by atoms with Gasteiger partial charge >= 0.3 is 5.97 Å². The summed E-state index contributed by atoms with van der Waals surface area (Å²) >= 11 is 0. The normalized spacial score (nSPS) is 14.3. The number of halogens is 1. The highest BCUT2D eigenvalue weighted by Gasteiger charge is 2.25. The molecule has 1 saturated carbocycles. The summed E-state index contributed by atoms with van der Waals surface area (Å²) in [5, 5.41) is 25.1. The first-order valence-electron chi connectivity index (χ1n) is 14.7. The van der Waals surface area contributed by atoms with Crippen molar-refractivity contribution < 1.29 is 24.2 Å². The van der Waals surface area contributed by atoms with Gasteiger partial charge in [-0.25, -0.2) is 4.39 Å². The number of pyridine rings is 1. The van der Waals surface area contributed by atoms with E-state index in [9.17, 15) is 24.6 Å². The van der Waals surface area contributed by atoms with Gasteiger partial charge < -0.3 is 25.4 Å². The van der Waals surface area contributed by atoms with E-state index in [2.05, 4.69) is 10.6 Å². The minimum absolute atomic E-state index is 0.00103. The molecule has 4 rings (SSSR count). The molecule has 4 N–H and O–H groups in total. The fourth-order valence-corrected chi connectivity index (χ4v) is 5.46. The van der Waals surface area contributed by atoms with Crippen LogP contribution in [0, 0.1) is 5.82 Å². The van der Waals surface area contributed by atoms with Gasteiger partial charge in [-0.2, -0.15) is 0 Å². The first-order chi connectivity index (χ1) is 19.7. The number of nitrogens with one attached hydrogen (secondary N) is 2. The Morgan fingerprint density at radius 3 is 2.27 bits per heavy atom. The predicted octanol–water partition coefficient (Wildman–Crippen LogP) is 6.92. The van der Waals surface area contributed by atoms with Crippen LogP contribution < -0.4 is 16.1 Å². The molecule has 222 valence electrons. The number of aromatic hydroxyl groups is 1. The van der Waals surface area contributed by atoms with E-state index in [1.807, 2.05) is 32.3 Å². The van der Waals surface area contributed by atoms with E-state index in [1.54, 1.807) is 6.07 Å². The van der Waals surface area contributed by atoms with Gasteiger partial charge in [0.05, 0.1) is 23.7 Å². The second kappa shape index (κ2) is 14.7. The molecule has 1 aromatic heterocycles. The Balaban J connectivity index is 0.00000226. The van der Waals surface area contributed by atoms with Gasteiger partial charge in [0, 0.05) is 23.7 Å². The van der Waals surface area contributed by atoms with Crippen LogP contribution in [0.3, 0.4) is 0 Å². The number of aliphatic carboxylic acids is 1. The van der Waals surface area contributed by atoms with Gasteiger partial charge in [-0.05, 0) is 55.5 Å². The van der Waals surface area contributed by atoms with Crippen LogP contribution in [0.1, 0.15) is 107 Å². The zero-order valence-electron chi connectivity index (χ0n) is 24.4. The lowest BCUT2D eigenvalue weighted by Crippen LogP contribution is -2.34. The monoisotopic (exact) mass is 567 g/mol. The van der Waals surface area contributed by atoms with Crippen LogP contribution >= 0.6 is 0 Å². The van der Waals surface area contributed by atoms with Crippen molar-refractivity contribution in [3.05, 3.63) is 69.8 Å². The lowest BCUT2D eigenvalue weighted by molar-refractivity contribution is -0.137. The number of aromatic nitrogens is 1.